The topological polar surface area (TPSA) is 107 Å². The van der Waals surface area contributed by atoms with Gasteiger partial charge in [0.25, 0.3) is 11.5 Å². The van der Waals surface area contributed by atoms with Crippen LogP contribution in [-0.4, -0.2) is 33.4 Å². The normalized spacial score (nSPS) is 12.7. The van der Waals surface area contributed by atoms with Crippen molar-refractivity contribution in [3.63, 3.8) is 0 Å². The van der Waals surface area contributed by atoms with Crippen LogP contribution < -0.4 is 16.2 Å². The third kappa shape index (κ3) is 4.29. The summed E-state index contributed by atoms with van der Waals surface area (Å²) in [5.74, 6) is -0.680. The van der Waals surface area contributed by atoms with Gasteiger partial charge in [0.1, 0.15) is 6.04 Å². The highest BCUT2D eigenvalue weighted by Gasteiger charge is 2.21. The average molecular weight is 348 g/mol. The Kier molecular flexibility index (Phi) is 4.88. The van der Waals surface area contributed by atoms with Crippen molar-refractivity contribution in [2.45, 2.75) is 39.3 Å². The van der Waals surface area contributed by atoms with Crippen LogP contribution in [0.4, 0.5) is 0 Å². The Morgan fingerprint density at radius 2 is 1.88 bits per heavy atom. The molecule has 128 valence electrons. The van der Waals surface area contributed by atoms with Crippen LogP contribution in [0.15, 0.2) is 23.0 Å². The van der Waals surface area contributed by atoms with Gasteiger partial charge in [-0.2, -0.15) is 0 Å². The number of aromatic nitrogens is 2. The average Bonchev–Trinajstić information content (AvgIpc) is 2.44. The Morgan fingerprint density at radius 3 is 2.50 bits per heavy atom. The maximum atomic E-state index is 12.3. The van der Waals surface area contributed by atoms with E-state index in [4.69, 9.17) is 12.2 Å². The van der Waals surface area contributed by atoms with Gasteiger partial charge in [0.05, 0.1) is 10.9 Å². The number of hydrogen-bond acceptors (Lipinski definition) is 4. The molecule has 0 spiro atoms. The minimum Gasteiger partial charge on any atom is -0.350 e. The van der Waals surface area contributed by atoms with Crippen molar-refractivity contribution in [1.29, 1.82) is 0 Å². The van der Waals surface area contributed by atoms with E-state index in [-0.39, 0.29) is 21.8 Å². The number of fused-ring (bicyclic) bond motifs is 1. The Labute approximate surface area is 143 Å². The first-order chi connectivity index (χ1) is 11.1. The van der Waals surface area contributed by atoms with E-state index in [2.05, 4.69) is 20.6 Å². The minimum atomic E-state index is -0.690. The van der Waals surface area contributed by atoms with E-state index in [9.17, 15) is 14.4 Å². The fourth-order valence-electron chi connectivity index (χ4n) is 2.13. The Balaban J connectivity index is 2.21. The molecule has 0 aliphatic rings. The minimum absolute atomic E-state index is 0.183. The fourth-order valence-corrected chi connectivity index (χ4v) is 2.34. The van der Waals surface area contributed by atoms with Gasteiger partial charge in [-0.1, -0.05) is 0 Å². The van der Waals surface area contributed by atoms with Gasteiger partial charge in [-0.15, -0.1) is 0 Å². The molecule has 7 nitrogen and oxygen atoms in total. The zero-order valence-electron chi connectivity index (χ0n) is 13.9. The highest BCUT2D eigenvalue weighted by molar-refractivity contribution is 7.71. The Morgan fingerprint density at radius 1 is 1.21 bits per heavy atom. The van der Waals surface area contributed by atoms with Crippen molar-refractivity contribution in [3.05, 3.63) is 38.9 Å². The summed E-state index contributed by atoms with van der Waals surface area (Å²) in [5.41, 5.74) is 0.0884. The summed E-state index contributed by atoms with van der Waals surface area (Å²) in [5, 5.41) is 5.84. The largest absolute Gasteiger partial charge is 0.350 e. The molecule has 1 atom stereocenters. The van der Waals surface area contributed by atoms with Crippen LogP contribution in [0.5, 0.6) is 0 Å². The molecule has 1 aromatic heterocycles. The van der Waals surface area contributed by atoms with Crippen molar-refractivity contribution in [1.82, 2.24) is 20.6 Å². The second-order valence-electron chi connectivity index (χ2n) is 6.60. The number of hydrogen-bond donors (Lipinski definition) is 4. The first-order valence-electron chi connectivity index (χ1n) is 7.46. The summed E-state index contributed by atoms with van der Waals surface area (Å²) < 4.78 is 0.183. The van der Waals surface area contributed by atoms with Crippen molar-refractivity contribution >= 4 is 34.9 Å². The van der Waals surface area contributed by atoms with Crippen LogP contribution in [0.2, 0.25) is 0 Å². The SMILES string of the molecule is C[C@@H](NC(=O)c1ccc2c(=O)[nH]c(=S)[nH]c2c1)C(=O)NC(C)(C)C. The van der Waals surface area contributed by atoms with Gasteiger partial charge in [0.2, 0.25) is 5.91 Å². The van der Waals surface area contributed by atoms with Gasteiger partial charge in [-0.25, -0.2) is 0 Å². The Bertz CT molecular complexity index is 908. The highest BCUT2D eigenvalue weighted by atomic mass is 32.1. The summed E-state index contributed by atoms with van der Waals surface area (Å²) in [4.78, 5) is 41.5. The number of benzene rings is 1. The molecular formula is C16H20N4O3S. The van der Waals surface area contributed by atoms with Crippen LogP contribution in [-0.2, 0) is 4.79 Å². The lowest BCUT2D eigenvalue weighted by atomic mass is 10.1. The fraction of sp³-hybridized carbons (Fsp3) is 0.375. The summed E-state index contributed by atoms with van der Waals surface area (Å²) in [6.07, 6.45) is 0. The third-order valence-corrected chi connectivity index (χ3v) is 3.44. The lowest BCUT2D eigenvalue weighted by molar-refractivity contribution is -0.124. The van der Waals surface area contributed by atoms with Crippen LogP contribution in [0.1, 0.15) is 38.1 Å². The molecule has 2 aromatic rings. The number of aromatic amines is 2. The van der Waals surface area contributed by atoms with E-state index in [0.717, 1.165) is 0 Å². The van der Waals surface area contributed by atoms with E-state index < -0.39 is 11.9 Å². The molecule has 0 saturated heterocycles. The van der Waals surface area contributed by atoms with E-state index in [1.54, 1.807) is 6.92 Å². The number of carbonyl (C=O) groups is 2. The summed E-state index contributed by atoms with van der Waals surface area (Å²) in [7, 11) is 0. The first kappa shape index (κ1) is 17.9. The van der Waals surface area contributed by atoms with Gasteiger partial charge in [-0.3, -0.25) is 19.4 Å². The molecule has 0 aliphatic heterocycles. The number of amides is 2. The number of H-pyrrole nitrogens is 2. The van der Waals surface area contributed by atoms with E-state index in [0.29, 0.717) is 16.5 Å². The van der Waals surface area contributed by atoms with Crippen LogP contribution in [0.25, 0.3) is 10.9 Å². The molecule has 24 heavy (non-hydrogen) atoms. The number of nitrogens with one attached hydrogen (secondary N) is 4. The maximum Gasteiger partial charge on any atom is 0.259 e. The van der Waals surface area contributed by atoms with Gasteiger partial charge >= 0.3 is 0 Å². The molecule has 0 fully saturated rings. The molecule has 1 heterocycles. The quantitative estimate of drug-likeness (QED) is 0.632. The molecule has 0 radical (unpaired) electrons. The zero-order chi connectivity index (χ0) is 18.1. The van der Waals surface area contributed by atoms with E-state index >= 15 is 0 Å². The van der Waals surface area contributed by atoms with Gasteiger partial charge in [0.15, 0.2) is 4.77 Å². The molecule has 4 N–H and O–H groups in total. The number of carbonyl (C=O) groups excluding carboxylic acids is 2. The van der Waals surface area contributed by atoms with Gasteiger partial charge in [0, 0.05) is 11.1 Å². The van der Waals surface area contributed by atoms with Crippen LogP contribution >= 0.6 is 12.2 Å². The smallest absolute Gasteiger partial charge is 0.259 e. The van der Waals surface area contributed by atoms with Crippen molar-refractivity contribution in [2.24, 2.45) is 0 Å². The molecule has 2 amide bonds. The predicted octanol–water partition coefficient (Wildman–Crippen LogP) is 1.62. The van der Waals surface area contributed by atoms with Gasteiger partial charge < -0.3 is 15.6 Å². The monoisotopic (exact) mass is 348 g/mol. The molecule has 8 heteroatoms. The van der Waals surface area contributed by atoms with Gasteiger partial charge in [-0.05, 0) is 58.1 Å². The van der Waals surface area contributed by atoms with Crippen molar-refractivity contribution < 1.29 is 9.59 Å². The Hall–Kier alpha value is -2.48. The molecule has 1 aromatic carbocycles. The molecule has 0 saturated carbocycles. The predicted molar refractivity (Wildman–Crippen MR) is 94.6 cm³/mol. The summed E-state index contributed by atoms with van der Waals surface area (Å²) >= 11 is 4.93. The van der Waals surface area contributed by atoms with E-state index in [1.165, 1.54) is 18.2 Å². The van der Waals surface area contributed by atoms with Crippen molar-refractivity contribution in [3.8, 4) is 0 Å². The molecular weight excluding hydrogens is 328 g/mol. The van der Waals surface area contributed by atoms with Crippen molar-refractivity contribution in [2.75, 3.05) is 0 Å². The molecule has 2 rings (SSSR count). The molecule has 0 bridgehead atoms. The second kappa shape index (κ2) is 6.56. The lowest BCUT2D eigenvalue weighted by Crippen LogP contribution is -2.50. The van der Waals surface area contributed by atoms with Crippen LogP contribution in [0, 0.1) is 4.77 Å². The number of rotatable bonds is 3. The maximum absolute atomic E-state index is 12.3. The molecule has 0 aliphatic carbocycles. The molecule has 0 unspecified atom stereocenters. The summed E-state index contributed by atoms with van der Waals surface area (Å²) in [6, 6.07) is 3.90. The summed E-state index contributed by atoms with van der Waals surface area (Å²) in [6.45, 7) is 7.20. The first-order valence-corrected chi connectivity index (χ1v) is 7.87. The van der Waals surface area contributed by atoms with Crippen LogP contribution in [0.3, 0.4) is 0 Å². The second-order valence-corrected chi connectivity index (χ2v) is 7.01. The highest BCUT2D eigenvalue weighted by Crippen LogP contribution is 2.10. The standard InChI is InChI=1S/C16H20N4O3S/c1-8(12(21)20-16(2,3)4)17-13(22)9-5-6-10-11(7-9)18-15(24)19-14(10)23/h5-8H,1-4H3,(H,17,22)(H,20,21)(H2,18,19,23,24)/t8-/m1/s1. The zero-order valence-corrected chi connectivity index (χ0v) is 14.8. The third-order valence-electron chi connectivity index (χ3n) is 3.24. The lowest BCUT2D eigenvalue weighted by Gasteiger charge is -2.23. The van der Waals surface area contributed by atoms with E-state index in [1.807, 2.05) is 20.8 Å².